The normalized spacial score (nSPS) is 11.7. The first-order valence-electron chi connectivity index (χ1n) is 7.52. The topological polar surface area (TPSA) is 40.5 Å². The molecule has 0 aliphatic heterocycles. The van der Waals surface area contributed by atoms with Gasteiger partial charge in [-0.1, -0.05) is 69.4 Å². The molecule has 0 heterocycles. The van der Waals surface area contributed by atoms with Crippen molar-refractivity contribution < 1.29 is 10.2 Å². The summed E-state index contributed by atoms with van der Waals surface area (Å²) in [5.74, 6) is 0. The lowest BCUT2D eigenvalue weighted by Crippen LogP contribution is -2.32. The molecule has 2 heteroatoms. The van der Waals surface area contributed by atoms with Crippen molar-refractivity contribution in [1.82, 2.24) is 0 Å². The number of aliphatic hydroxyl groups excluding tert-OH is 2. The van der Waals surface area contributed by atoms with Gasteiger partial charge in [-0.3, -0.25) is 0 Å². The lowest BCUT2D eigenvalue weighted by molar-refractivity contribution is 0.0450. The van der Waals surface area contributed by atoms with E-state index in [0.29, 0.717) is 0 Å². The second kappa shape index (κ2) is 9.11. The zero-order valence-corrected chi connectivity index (χ0v) is 12.1. The third kappa shape index (κ3) is 5.75. The van der Waals surface area contributed by atoms with E-state index in [1.54, 1.807) is 0 Å². The van der Waals surface area contributed by atoms with Gasteiger partial charge in [0.15, 0.2) is 0 Å². The van der Waals surface area contributed by atoms with Crippen molar-refractivity contribution in [3.63, 3.8) is 0 Å². The van der Waals surface area contributed by atoms with Crippen LogP contribution in [0.4, 0.5) is 0 Å². The molecule has 1 rings (SSSR count). The molecule has 0 aromatic heterocycles. The lowest BCUT2D eigenvalue weighted by atomic mass is 9.78. The lowest BCUT2D eigenvalue weighted by Gasteiger charge is -2.30. The van der Waals surface area contributed by atoms with Crippen LogP contribution in [0.1, 0.15) is 51.0 Å². The van der Waals surface area contributed by atoms with Crippen LogP contribution in [0, 0.1) is 5.41 Å². The van der Waals surface area contributed by atoms with Crippen LogP contribution in [0.25, 0.3) is 0 Å². The third-order valence-electron chi connectivity index (χ3n) is 3.90. The number of benzene rings is 1. The fraction of sp³-hybridized carbons (Fsp3) is 0.647. The first-order chi connectivity index (χ1) is 9.26. The Balaban J connectivity index is 2.49. The Hall–Kier alpha value is -0.860. The van der Waals surface area contributed by atoms with Gasteiger partial charge in [0, 0.05) is 5.41 Å². The Morgan fingerprint density at radius 2 is 1.53 bits per heavy atom. The van der Waals surface area contributed by atoms with E-state index in [-0.39, 0.29) is 18.6 Å². The molecule has 0 fully saturated rings. The van der Waals surface area contributed by atoms with Gasteiger partial charge in [0.25, 0.3) is 0 Å². The summed E-state index contributed by atoms with van der Waals surface area (Å²) in [5.41, 5.74) is 0.840. The summed E-state index contributed by atoms with van der Waals surface area (Å²) in [5, 5.41) is 19.4. The number of unbranched alkanes of at least 4 members (excludes halogenated alkanes) is 4. The van der Waals surface area contributed by atoms with Crippen molar-refractivity contribution in [2.45, 2.75) is 51.9 Å². The summed E-state index contributed by atoms with van der Waals surface area (Å²) in [4.78, 5) is 0. The van der Waals surface area contributed by atoms with Crippen molar-refractivity contribution in [1.29, 1.82) is 0 Å². The molecular formula is C17H28O2. The van der Waals surface area contributed by atoms with Crippen LogP contribution in [0.3, 0.4) is 0 Å². The molecule has 0 spiro atoms. The molecule has 0 aliphatic carbocycles. The van der Waals surface area contributed by atoms with E-state index in [9.17, 15) is 10.2 Å². The Bertz CT molecular complexity index is 317. The highest BCUT2D eigenvalue weighted by Crippen LogP contribution is 2.29. The molecule has 0 atom stereocenters. The van der Waals surface area contributed by atoms with Crippen LogP contribution in [0.5, 0.6) is 0 Å². The molecule has 108 valence electrons. The summed E-state index contributed by atoms with van der Waals surface area (Å²) in [6.07, 6.45) is 7.74. The molecule has 0 amide bonds. The van der Waals surface area contributed by atoms with Crippen molar-refractivity contribution in [2.75, 3.05) is 13.2 Å². The third-order valence-corrected chi connectivity index (χ3v) is 3.90. The van der Waals surface area contributed by atoms with Crippen molar-refractivity contribution in [2.24, 2.45) is 5.41 Å². The molecule has 1 aromatic carbocycles. The fourth-order valence-electron chi connectivity index (χ4n) is 2.54. The minimum atomic E-state index is -0.354. The standard InChI is InChI=1S/C17H28O2/c1-2-3-4-5-9-12-17(14-18,15-19)13-16-10-7-6-8-11-16/h6-8,10-11,18-19H,2-5,9,12-15H2,1H3. The van der Waals surface area contributed by atoms with Gasteiger partial charge in [0.1, 0.15) is 0 Å². The molecule has 1 aromatic rings. The minimum Gasteiger partial charge on any atom is -0.396 e. The summed E-state index contributed by atoms with van der Waals surface area (Å²) < 4.78 is 0. The van der Waals surface area contributed by atoms with Crippen LogP contribution in [0.2, 0.25) is 0 Å². The van der Waals surface area contributed by atoms with Gasteiger partial charge in [-0.2, -0.15) is 0 Å². The molecule has 2 nitrogen and oxygen atoms in total. The molecule has 0 aliphatic rings. The Morgan fingerprint density at radius 1 is 0.895 bits per heavy atom. The van der Waals surface area contributed by atoms with Crippen LogP contribution in [-0.2, 0) is 6.42 Å². The average Bonchev–Trinajstić information content (AvgIpc) is 2.47. The van der Waals surface area contributed by atoms with Gasteiger partial charge in [0.05, 0.1) is 13.2 Å². The van der Waals surface area contributed by atoms with Gasteiger partial charge in [0.2, 0.25) is 0 Å². The van der Waals surface area contributed by atoms with Gasteiger partial charge >= 0.3 is 0 Å². The van der Waals surface area contributed by atoms with E-state index in [1.165, 1.54) is 31.2 Å². The van der Waals surface area contributed by atoms with Crippen LogP contribution in [0.15, 0.2) is 30.3 Å². The van der Waals surface area contributed by atoms with E-state index in [0.717, 1.165) is 19.3 Å². The van der Waals surface area contributed by atoms with Gasteiger partial charge in [-0.25, -0.2) is 0 Å². The quantitative estimate of drug-likeness (QED) is 0.634. The smallest absolute Gasteiger partial charge is 0.0512 e. The summed E-state index contributed by atoms with van der Waals surface area (Å²) in [6.45, 7) is 2.33. The highest BCUT2D eigenvalue weighted by molar-refractivity contribution is 5.16. The summed E-state index contributed by atoms with van der Waals surface area (Å²) in [7, 11) is 0. The molecule has 0 saturated carbocycles. The first kappa shape index (κ1) is 16.2. The zero-order chi connectivity index (χ0) is 14.0. The average molecular weight is 264 g/mol. The van der Waals surface area contributed by atoms with Gasteiger partial charge in [-0.15, -0.1) is 0 Å². The number of aliphatic hydroxyl groups is 2. The first-order valence-corrected chi connectivity index (χ1v) is 7.52. The predicted molar refractivity (Wildman–Crippen MR) is 80.1 cm³/mol. The molecule has 19 heavy (non-hydrogen) atoms. The van der Waals surface area contributed by atoms with Crippen LogP contribution in [-0.4, -0.2) is 23.4 Å². The van der Waals surface area contributed by atoms with Crippen LogP contribution < -0.4 is 0 Å². The summed E-state index contributed by atoms with van der Waals surface area (Å²) >= 11 is 0. The maximum absolute atomic E-state index is 9.68. The number of rotatable bonds is 10. The number of hydrogen-bond donors (Lipinski definition) is 2. The van der Waals surface area contributed by atoms with E-state index < -0.39 is 0 Å². The van der Waals surface area contributed by atoms with E-state index in [4.69, 9.17) is 0 Å². The SMILES string of the molecule is CCCCCCCC(CO)(CO)Cc1ccccc1. The second-order valence-corrected chi connectivity index (χ2v) is 5.64. The highest BCUT2D eigenvalue weighted by Gasteiger charge is 2.28. The van der Waals surface area contributed by atoms with Crippen molar-refractivity contribution >= 4 is 0 Å². The maximum Gasteiger partial charge on any atom is 0.0512 e. The molecule has 0 saturated heterocycles. The Kier molecular flexibility index (Phi) is 7.76. The van der Waals surface area contributed by atoms with Crippen molar-refractivity contribution in [3.05, 3.63) is 35.9 Å². The highest BCUT2D eigenvalue weighted by atomic mass is 16.3. The molecule has 2 N–H and O–H groups in total. The molecule has 0 radical (unpaired) electrons. The zero-order valence-electron chi connectivity index (χ0n) is 12.1. The molecule has 0 unspecified atom stereocenters. The van der Waals surface area contributed by atoms with Crippen molar-refractivity contribution in [3.8, 4) is 0 Å². The van der Waals surface area contributed by atoms with Crippen LogP contribution >= 0.6 is 0 Å². The Morgan fingerprint density at radius 3 is 2.11 bits per heavy atom. The van der Waals surface area contributed by atoms with E-state index in [2.05, 4.69) is 19.1 Å². The van der Waals surface area contributed by atoms with E-state index in [1.807, 2.05) is 18.2 Å². The second-order valence-electron chi connectivity index (χ2n) is 5.64. The monoisotopic (exact) mass is 264 g/mol. The maximum atomic E-state index is 9.68. The van der Waals surface area contributed by atoms with Gasteiger partial charge < -0.3 is 10.2 Å². The predicted octanol–water partition coefficient (Wildman–Crippen LogP) is 3.56. The summed E-state index contributed by atoms with van der Waals surface area (Å²) in [6, 6.07) is 10.1. The van der Waals surface area contributed by atoms with E-state index >= 15 is 0 Å². The van der Waals surface area contributed by atoms with Gasteiger partial charge in [-0.05, 0) is 18.4 Å². The largest absolute Gasteiger partial charge is 0.396 e. The number of hydrogen-bond acceptors (Lipinski definition) is 2. The molecule has 0 bridgehead atoms. The fourth-order valence-corrected chi connectivity index (χ4v) is 2.54. The molecular weight excluding hydrogens is 236 g/mol. The minimum absolute atomic E-state index is 0.0617. The Labute approximate surface area is 117 Å².